The van der Waals surface area contributed by atoms with Gasteiger partial charge in [-0.1, -0.05) is 36.0 Å². The fraction of sp³-hybridized carbons (Fsp3) is 0.263. The molecule has 5 heteroatoms. The Labute approximate surface area is 144 Å². The highest BCUT2D eigenvalue weighted by molar-refractivity contribution is 7.16. The van der Waals surface area contributed by atoms with Crippen LogP contribution in [0.1, 0.15) is 34.8 Å². The van der Waals surface area contributed by atoms with E-state index >= 15 is 0 Å². The van der Waals surface area contributed by atoms with Crippen LogP contribution in [0.3, 0.4) is 0 Å². The average molecular weight is 342 g/mol. The summed E-state index contributed by atoms with van der Waals surface area (Å²) in [5.74, 6) is -0.538. The minimum atomic E-state index is -0.278. The maximum Gasteiger partial charge on any atom is 0.279 e. The number of thiazole rings is 1. The Hall–Kier alpha value is -2.27. The molecule has 0 unspecified atom stereocenters. The predicted octanol–water partition coefficient (Wildman–Crippen LogP) is 4.61. The molecule has 0 aliphatic heterocycles. The molecule has 0 atom stereocenters. The molecule has 3 nitrogen and oxygen atoms in total. The standard InChI is InChI=1S/C19H19FN2OS/c1-4-9-22-16-8-6-14(20)11-17(16)24-19(22)21-18(23)15-7-5-12(2)10-13(15)3/h5-8,10-11H,4,9H2,1-3H3. The first kappa shape index (κ1) is 16.6. The lowest BCUT2D eigenvalue weighted by Gasteiger charge is -2.04. The molecule has 1 amide bonds. The van der Waals surface area contributed by atoms with Gasteiger partial charge in [0.15, 0.2) is 4.80 Å². The van der Waals surface area contributed by atoms with E-state index in [1.807, 2.05) is 36.6 Å². The molecule has 3 rings (SSSR count). The summed E-state index contributed by atoms with van der Waals surface area (Å²) in [4.78, 5) is 17.5. The van der Waals surface area contributed by atoms with E-state index in [9.17, 15) is 9.18 Å². The highest BCUT2D eigenvalue weighted by Crippen LogP contribution is 2.19. The van der Waals surface area contributed by atoms with Gasteiger partial charge in [-0.2, -0.15) is 4.99 Å². The Balaban J connectivity index is 2.14. The topological polar surface area (TPSA) is 34.4 Å². The lowest BCUT2D eigenvalue weighted by atomic mass is 10.1. The maximum atomic E-state index is 13.5. The molecule has 1 aromatic heterocycles. The zero-order valence-electron chi connectivity index (χ0n) is 14.0. The summed E-state index contributed by atoms with van der Waals surface area (Å²) in [6.07, 6.45) is 0.911. The molecule has 0 fully saturated rings. The normalized spacial score (nSPS) is 12.1. The van der Waals surface area contributed by atoms with Crippen molar-refractivity contribution in [2.45, 2.75) is 33.7 Å². The monoisotopic (exact) mass is 342 g/mol. The summed E-state index contributed by atoms with van der Waals surface area (Å²) in [7, 11) is 0. The van der Waals surface area contributed by atoms with Gasteiger partial charge in [-0.05, 0) is 50.1 Å². The van der Waals surface area contributed by atoms with Crippen LogP contribution in [-0.2, 0) is 6.54 Å². The molecule has 0 aliphatic carbocycles. The van der Waals surface area contributed by atoms with Gasteiger partial charge in [-0.25, -0.2) is 4.39 Å². The molecule has 0 aliphatic rings. The lowest BCUT2D eigenvalue weighted by Crippen LogP contribution is -2.17. The first-order valence-corrected chi connectivity index (χ1v) is 8.76. The number of aryl methyl sites for hydroxylation is 3. The van der Waals surface area contributed by atoms with E-state index in [0.29, 0.717) is 10.4 Å². The van der Waals surface area contributed by atoms with Crippen LogP contribution in [0.15, 0.2) is 41.4 Å². The minimum Gasteiger partial charge on any atom is -0.316 e. The van der Waals surface area contributed by atoms with Crippen molar-refractivity contribution in [2.24, 2.45) is 4.99 Å². The number of amides is 1. The molecule has 24 heavy (non-hydrogen) atoms. The molecule has 1 heterocycles. The summed E-state index contributed by atoms with van der Waals surface area (Å²) in [5.41, 5.74) is 3.54. The molecular formula is C19H19FN2OS. The van der Waals surface area contributed by atoms with E-state index < -0.39 is 0 Å². The second-order valence-corrected chi connectivity index (χ2v) is 6.89. The minimum absolute atomic E-state index is 0.260. The fourth-order valence-corrected chi connectivity index (χ4v) is 3.85. The quantitative estimate of drug-likeness (QED) is 0.684. The van der Waals surface area contributed by atoms with Crippen LogP contribution in [0, 0.1) is 19.7 Å². The molecule has 0 saturated heterocycles. The number of carbonyl (C=O) groups is 1. The molecular weight excluding hydrogens is 323 g/mol. The van der Waals surface area contributed by atoms with Crippen molar-refractivity contribution in [3.63, 3.8) is 0 Å². The second kappa shape index (κ2) is 6.69. The van der Waals surface area contributed by atoms with Gasteiger partial charge in [0.1, 0.15) is 5.82 Å². The van der Waals surface area contributed by atoms with Gasteiger partial charge in [0.2, 0.25) is 0 Å². The van der Waals surface area contributed by atoms with E-state index in [1.165, 1.54) is 23.5 Å². The second-order valence-electron chi connectivity index (χ2n) is 5.88. The number of rotatable bonds is 3. The van der Waals surface area contributed by atoms with E-state index in [4.69, 9.17) is 0 Å². The van der Waals surface area contributed by atoms with Crippen LogP contribution >= 0.6 is 11.3 Å². The van der Waals surface area contributed by atoms with Crippen LogP contribution in [0.25, 0.3) is 10.2 Å². The number of carbonyl (C=O) groups excluding carboxylic acids is 1. The van der Waals surface area contributed by atoms with Crippen LogP contribution in [0.5, 0.6) is 0 Å². The Morgan fingerprint density at radius 3 is 2.71 bits per heavy atom. The Morgan fingerprint density at radius 2 is 2.00 bits per heavy atom. The number of fused-ring (bicyclic) bond motifs is 1. The Morgan fingerprint density at radius 1 is 1.21 bits per heavy atom. The molecule has 3 aromatic rings. The van der Waals surface area contributed by atoms with Crippen molar-refractivity contribution < 1.29 is 9.18 Å². The zero-order chi connectivity index (χ0) is 17.3. The van der Waals surface area contributed by atoms with Crippen LogP contribution in [0.4, 0.5) is 4.39 Å². The molecule has 0 bridgehead atoms. The number of hydrogen-bond acceptors (Lipinski definition) is 2. The van der Waals surface area contributed by atoms with Gasteiger partial charge >= 0.3 is 0 Å². The number of nitrogens with zero attached hydrogens (tertiary/aromatic N) is 2. The van der Waals surface area contributed by atoms with Crippen molar-refractivity contribution in [2.75, 3.05) is 0 Å². The largest absolute Gasteiger partial charge is 0.316 e. The summed E-state index contributed by atoms with van der Waals surface area (Å²) in [5, 5.41) is 0. The number of benzene rings is 2. The van der Waals surface area contributed by atoms with E-state index in [0.717, 1.165) is 34.3 Å². The summed E-state index contributed by atoms with van der Waals surface area (Å²) >= 11 is 1.35. The van der Waals surface area contributed by atoms with Crippen molar-refractivity contribution in [1.82, 2.24) is 4.57 Å². The molecule has 0 N–H and O–H groups in total. The van der Waals surface area contributed by atoms with Gasteiger partial charge in [-0.3, -0.25) is 4.79 Å². The van der Waals surface area contributed by atoms with Crippen LogP contribution in [-0.4, -0.2) is 10.5 Å². The van der Waals surface area contributed by atoms with Crippen molar-refractivity contribution >= 4 is 27.5 Å². The average Bonchev–Trinajstić information content (AvgIpc) is 2.84. The first-order valence-electron chi connectivity index (χ1n) is 7.95. The summed E-state index contributed by atoms with van der Waals surface area (Å²) in [6, 6.07) is 10.4. The van der Waals surface area contributed by atoms with Crippen LogP contribution in [0.2, 0.25) is 0 Å². The summed E-state index contributed by atoms with van der Waals surface area (Å²) in [6.45, 7) is 6.71. The maximum absolute atomic E-state index is 13.5. The third kappa shape index (κ3) is 3.17. The van der Waals surface area contributed by atoms with Gasteiger partial charge in [0.25, 0.3) is 5.91 Å². The molecule has 2 aromatic carbocycles. The molecule has 124 valence electrons. The highest BCUT2D eigenvalue weighted by Gasteiger charge is 2.11. The van der Waals surface area contributed by atoms with E-state index in [2.05, 4.69) is 11.9 Å². The van der Waals surface area contributed by atoms with E-state index in [1.54, 1.807) is 6.07 Å². The Bertz CT molecular complexity index is 985. The molecule has 0 saturated carbocycles. The first-order chi connectivity index (χ1) is 11.5. The smallest absolute Gasteiger partial charge is 0.279 e. The number of hydrogen-bond donors (Lipinski definition) is 0. The van der Waals surface area contributed by atoms with Crippen molar-refractivity contribution in [3.05, 3.63) is 63.7 Å². The van der Waals surface area contributed by atoms with Gasteiger partial charge in [0.05, 0.1) is 10.2 Å². The third-order valence-electron chi connectivity index (χ3n) is 3.90. The number of halogens is 1. The Kier molecular flexibility index (Phi) is 4.62. The van der Waals surface area contributed by atoms with Crippen molar-refractivity contribution in [3.8, 4) is 0 Å². The fourth-order valence-electron chi connectivity index (χ4n) is 2.77. The van der Waals surface area contributed by atoms with Gasteiger partial charge in [0, 0.05) is 12.1 Å². The van der Waals surface area contributed by atoms with Gasteiger partial charge < -0.3 is 4.57 Å². The lowest BCUT2D eigenvalue weighted by molar-refractivity contribution is 0.0997. The third-order valence-corrected chi connectivity index (χ3v) is 4.94. The highest BCUT2D eigenvalue weighted by atomic mass is 32.1. The molecule has 0 radical (unpaired) electrons. The number of aromatic nitrogens is 1. The van der Waals surface area contributed by atoms with Crippen molar-refractivity contribution in [1.29, 1.82) is 0 Å². The summed E-state index contributed by atoms with van der Waals surface area (Å²) < 4.78 is 16.3. The van der Waals surface area contributed by atoms with Crippen LogP contribution < -0.4 is 4.80 Å². The zero-order valence-corrected chi connectivity index (χ0v) is 14.8. The van der Waals surface area contributed by atoms with E-state index in [-0.39, 0.29) is 11.7 Å². The predicted molar refractivity (Wildman–Crippen MR) is 95.9 cm³/mol. The molecule has 0 spiro atoms. The SMILES string of the molecule is CCCn1c(=NC(=O)c2ccc(C)cc2C)sc2cc(F)ccc21. The van der Waals surface area contributed by atoms with Gasteiger partial charge in [-0.15, -0.1) is 0 Å².